The Kier molecular flexibility index (Phi) is 9.51. The van der Waals surface area contributed by atoms with Crippen LogP contribution in [0.3, 0.4) is 0 Å². The van der Waals surface area contributed by atoms with Gasteiger partial charge in [0.1, 0.15) is 47.2 Å². The number of alkyl halides is 9. The van der Waals surface area contributed by atoms with Crippen LogP contribution in [0.15, 0.2) is 24.3 Å². The Balaban J connectivity index is 1.17. The van der Waals surface area contributed by atoms with Crippen LogP contribution in [0.25, 0.3) is 32.9 Å². The summed E-state index contributed by atoms with van der Waals surface area (Å²) >= 11 is 0. The van der Waals surface area contributed by atoms with E-state index in [0.717, 1.165) is 12.1 Å². The molecule has 0 bridgehead atoms. The molecular formula is C37H31F11N6O4. The molecule has 0 saturated carbocycles. The monoisotopic (exact) mass is 832 g/mol. The van der Waals surface area contributed by atoms with Crippen molar-refractivity contribution in [3.63, 3.8) is 0 Å². The molecule has 3 saturated heterocycles. The molecule has 310 valence electrons. The smallest absolute Gasteiger partial charge is 0.435 e. The molecule has 0 radical (unpaired) electrons. The van der Waals surface area contributed by atoms with E-state index in [2.05, 4.69) is 30.9 Å². The molecule has 8 rings (SSSR count). The Morgan fingerprint density at radius 1 is 0.966 bits per heavy atom. The highest BCUT2D eigenvalue weighted by molar-refractivity contribution is 6.04. The van der Waals surface area contributed by atoms with Gasteiger partial charge in [-0.1, -0.05) is 12.0 Å². The Hall–Kier alpha value is -4.94. The van der Waals surface area contributed by atoms with E-state index in [-0.39, 0.29) is 94.9 Å². The van der Waals surface area contributed by atoms with Crippen LogP contribution in [0.2, 0.25) is 0 Å². The number of halogens is 11. The molecule has 2 N–H and O–H groups in total. The van der Waals surface area contributed by atoms with Gasteiger partial charge in [-0.05, 0) is 55.8 Å². The van der Waals surface area contributed by atoms with Crippen LogP contribution >= 0.6 is 0 Å². The lowest BCUT2D eigenvalue weighted by atomic mass is 9.95. The number of pyridine rings is 1. The minimum Gasteiger partial charge on any atom is -0.508 e. The van der Waals surface area contributed by atoms with Crippen molar-refractivity contribution in [2.75, 3.05) is 50.9 Å². The molecule has 58 heavy (non-hydrogen) atoms. The second-order valence-electron chi connectivity index (χ2n) is 14.6. The number of nitrogens with one attached hydrogen (secondary N) is 1. The van der Waals surface area contributed by atoms with Gasteiger partial charge in [0.05, 0.1) is 23.8 Å². The van der Waals surface area contributed by atoms with Gasteiger partial charge in [-0.3, -0.25) is 4.90 Å². The maximum Gasteiger partial charge on any atom is 0.435 e. The first-order valence-electron chi connectivity index (χ1n) is 18.0. The van der Waals surface area contributed by atoms with Crippen LogP contribution in [0.4, 0.5) is 54.1 Å². The van der Waals surface area contributed by atoms with Crippen molar-refractivity contribution in [1.29, 1.82) is 0 Å². The van der Waals surface area contributed by atoms with Crippen LogP contribution in [0.1, 0.15) is 31.2 Å². The lowest BCUT2D eigenvalue weighted by Crippen LogP contribution is -2.68. The average molecular weight is 833 g/mol. The van der Waals surface area contributed by atoms with Crippen molar-refractivity contribution < 1.29 is 67.6 Å². The van der Waals surface area contributed by atoms with E-state index in [1.807, 2.05) is 4.90 Å². The summed E-state index contributed by atoms with van der Waals surface area (Å²) in [6, 6.07) is 2.91. The molecule has 2 aromatic carbocycles. The Morgan fingerprint density at radius 3 is 2.41 bits per heavy atom. The van der Waals surface area contributed by atoms with Crippen molar-refractivity contribution in [3.05, 3.63) is 41.5 Å². The van der Waals surface area contributed by atoms with E-state index in [0.29, 0.717) is 32.5 Å². The van der Waals surface area contributed by atoms with E-state index in [9.17, 15) is 49.0 Å². The van der Waals surface area contributed by atoms with Gasteiger partial charge in [-0.15, -0.1) is 6.42 Å². The number of aromatic hydroxyl groups is 1. The number of piperazine rings is 1. The largest absolute Gasteiger partial charge is 0.508 e. The summed E-state index contributed by atoms with van der Waals surface area (Å²) in [4.78, 5) is 16.8. The third-order valence-corrected chi connectivity index (χ3v) is 11.4. The van der Waals surface area contributed by atoms with Crippen molar-refractivity contribution in [2.24, 2.45) is 0 Å². The van der Waals surface area contributed by atoms with Gasteiger partial charge in [-0.2, -0.15) is 49.5 Å². The van der Waals surface area contributed by atoms with Crippen LogP contribution < -0.4 is 19.7 Å². The number of hydrogen-bond donors (Lipinski definition) is 2. The molecular weight excluding hydrogens is 801 g/mol. The van der Waals surface area contributed by atoms with Gasteiger partial charge in [0.25, 0.3) is 0 Å². The second-order valence-corrected chi connectivity index (χ2v) is 14.6. The quantitative estimate of drug-likeness (QED) is 0.153. The average Bonchev–Trinajstić information content (AvgIpc) is 3.67. The zero-order chi connectivity index (χ0) is 41.6. The third-order valence-electron chi connectivity index (χ3n) is 11.4. The zero-order valence-electron chi connectivity index (χ0n) is 29.9. The van der Waals surface area contributed by atoms with Crippen LogP contribution in [-0.2, 0) is 4.74 Å². The fourth-order valence-corrected chi connectivity index (χ4v) is 8.71. The van der Waals surface area contributed by atoms with Gasteiger partial charge in [0.2, 0.25) is 5.88 Å². The normalized spacial score (nSPS) is 22.8. The second kappa shape index (κ2) is 13.8. The van der Waals surface area contributed by atoms with Gasteiger partial charge < -0.3 is 29.5 Å². The predicted octanol–water partition coefficient (Wildman–Crippen LogP) is 6.80. The number of rotatable bonds is 7. The topological polar surface area (TPSA) is 105 Å². The SMILES string of the molecule is C#Cc1c(F)ccc2cc(O)cc(-c3nc4c5c(nc(OC[C@@]67CCCN6[C@H](COC(C(F)(F)F)(C(F)(F)F)C(F)(F)F)CC7)nc5c3F)N3CCNC[C@H]3CO4)c12. The van der Waals surface area contributed by atoms with E-state index in [1.165, 1.54) is 17.0 Å². The van der Waals surface area contributed by atoms with Gasteiger partial charge in [-0.25, -0.2) is 13.8 Å². The number of aromatic nitrogens is 3. The fraction of sp³-hybridized carbons (Fsp3) is 0.486. The highest BCUT2D eigenvalue weighted by Crippen LogP contribution is 2.56. The Morgan fingerprint density at radius 2 is 1.71 bits per heavy atom. The highest BCUT2D eigenvalue weighted by atomic mass is 19.4. The number of fused-ring (bicyclic) bond motifs is 4. The van der Waals surface area contributed by atoms with Crippen LogP contribution in [-0.4, -0.2) is 113 Å². The number of phenolic OH excluding ortho intramolecular Hbond substituents is 1. The van der Waals surface area contributed by atoms with Crippen molar-refractivity contribution in [3.8, 4) is 41.2 Å². The molecule has 6 heterocycles. The zero-order valence-corrected chi connectivity index (χ0v) is 29.9. The number of benzene rings is 2. The molecule has 0 unspecified atom stereocenters. The molecule has 4 aromatic rings. The first kappa shape index (κ1) is 39.9. The molecule has 10 nitrogen and oxygen atoms in total. The maximum absolute atomic E-state index is 17.1. The van der Waals surface area contributed by atoms with E-state index in [4.69, 9.17) is 15.9 Å². The van der Waals surface area contributed by atoms with E-state index < -0.39 is 59.6 Å². The lowest BCUT2D eigenvalue weighted by Gasteiger charge is -2.40. The fourth-order valence-electron chi connectivity index (χ4n) is 8.71. The highest BCUT2D eigenvalue weighted by Gasteiger charge is 2.85. The summed E-state index contributed by atoms with van der Waals surface area (Å²) in [6.45, 7) is -0.420. The van der Waals surface area contributed by atoms with Crippen molar-refractivity contribution >= 4 is 27.5 Å². The molecule has 3 fully saturated rings. The summed E-state index contributed by atoms with van der Waals surface area (Å²) in [7, 11) is 0. The van der Waals surface area contributed by atoms with Crippen molar-refractivity contribution in [1.82, 2.24) is 25.2 Å². The number of anilines is 1. The number of nitrogens with zero attached hydrogens (tertiary/aromatic N) is 5. The Labute approximate surface area is 321 Å². The predicted molar refractivity (Wildman–Crippen MR) is 183 cm³/mol. The van der Waals surface area contributed by atoms with Crippen LogP contribution in [0.5, 0.6) is 17.6 Å². The minimum absolute atomic E-state index is 0.0532. The summed E-state index contributed by atoms with van der Waals surface area (Å²) < 4.78 is 171. The van der Waals surface area contributed by atoms with Crippen molar-refractivity contribution in [2.45, 2.75) is 67.4 Å². The number of terminal acetylenes is 1. The van der Waals surface area contributed by atoms with Gasteiger partial charge in [0, 0.05) is 36.6 Å². The van der Waals surface area contributed by atoms with E-state index >= 15 is 4.39 Å². The molecule has 3 atom stereocenters. The summed E-state index contributed by atoms with van der Waals surface area (Å²) in [5, 5.41) is 14.3. The number of hydrogen-bond acceptors (Lipinski definition) is 10. The first-order valence-corrected chi connectivity index (χ1v) is 18.0. The molecule has 0 spiro atoms. The molecule has 0 amide bonds. The van der Waals surface area contributed by atoms with E-state index in [1.54, 1.807) is 0 Å². The van der Waals surface area contributed by atoms with Gasteiger partial charge in [0.15, 0.2) is 5.82 Å². The van der Waals surface area contributed by atoms with Gasteiger partial charge >= 0.3 is 30.1 Å². The molecule has 4 aliphatic heterocycles. The van der Waals surface area contributed by atoms with Crippen LogP contribution in [0, 0.1) is 24.0 Å². The standard InChI is InChI=1S/C37H31F11N6O4/c1-2-22-24(38)5-4-18-12-21(55)13-23(25(18)22)28-27(39)29-26-30(53-11-9-49-14-20(53)15-56-31(26)50-28)52-32(51-29)57-17-33-7-3-10-54(33)19(6-8-33)16-58-34(35(40,41)42,36(43,44)45)37(46,47)48/h1,4-5,12-13,19-20,49,55H,3,6-11,14-17H2/t19-,20-,33-/m0/s1. The third kappa shape index (κ3) is 6.17. The number of ether oxygens (including phenoxy) is 3. The summed E-state index contributed by atoms with van der Waals surface area (Å²) in [5.74, 6) is 0.192. The summed E-state index contributed by atoms with van der Waals surface area (Å²) in [6.07, 6.45) is -14.3. The molecule has 0 aliphatic carbocycles. The lowest BCUT2D eigenvalue weighted by molar-refractivity contribution is -0.458. The first-order chi connectivity index (χ1) is 27.3. The molecule has 21 heteroatoms. The maximum atomic E-state index is 17.1. The molecule has 2 aromatic heterocycles. The minimum atomic E-state index is -6.87. The molecule has 4 aliphatic rings. The Bertz CT molecular complexity index is 2300. The summed E-state index contributed by atoms with van der Waals surface area (Å²) in [5.41, 5.74) is -8.56. The number of phenols is 1.